The minimum atomic E-state index is -0.658. The van der Waals surface area contributed by atoms with Gasteiger partial charge in [0.25, 0.3) is 0 Å². The SMILES string of the molecule is CCOC(=O)c1oc2cc(C)c(-c3cnn(C)c3)nc2c1N(C(=O)OCC)[C@H]1CCO[C@@H](CC)C1. The molecular weight excluding hydrogens is 452 g/mol. The molecule has 2 atom stereocenters. The number of furan rings is 1. The summed E-state index contributed by atoms with van der Waals surface area (Å²) in [5, 5.41) is 4.25. The monoisotopic (exact) mass is 484 g/mol. The van der Waals surface area contributed by atoms with Crippen LogP contribution >= 0.6 is 0 Å². The zero-order chi connectivity index (χ0) is 25.1. The van der Waals surface area contributed by atoms with Crippen LogP contribution in [-0.4, -0.2) is 58.8 Å². The summed E-state index contributed by atoms with van der Waals surface area (Å²) < 4.78 is 24.3. The molecule has 3 aromatic rings. The summed E-state index contributed by atoms with van der Waals surface area (Å²) in [5.74, 6) is -0.723. The van der Waals surface area contributed by atoms with Crippen molar-refractivity contribution < 1.29 is 28.2 Å². The Hall–Kier alpha value is -3.40. The van der Waals surface area contributed by atoms with E-state index in [4.69, 9.17) is 23.6 Å². The molecule has 0 aliphatic carbocycles. The summed E-state index contributed by atoms with van der Waals surface area (Å²) in [4.78, 5) is 32.8. The third-order valence-corrected chi connectivity index (χ3v) is 6.13. The standard InChI is InChI=1S/C25H32N4O6/c1-6-18-12-17(9-10-34-18)29(25(31)33-8-3)22-21-19(35-23(22)24(30)32-7-2)11-15(4)20(27-21)16-13-26-28(5)14-16/h11,13-14,17-18H,6-10,12H2,1-5H3/t17-,18-/m0/s1. The van der Waals surface area contributed by atoms with Crippen molar-refractivity contribution in [3.05, 3.63) is 29.8 Å². The van der Waals surface area contributed by atoms with Gasteiger partial charge in [0, 0.05) is 31.5 Å². The molecule has 35 heavy (non-hydrogen) atoms. The molecule has 0 N–H and O–H groups in total. The van der Waals surface area contributed by atoms with Crippen LogP contribution in [0.1, 0.15) is 56.2 Å². The third-order valence-electron chi connectivity index (χ3n) is 6.13. The molecule has 0 radical (unpaired) electrons. The quantitative estimate of drug-likeness (QED) is 0.447. The summed E-state index contributed by atoms with van der Waals surface area (Å²) in [5.41, 5.74) is 3.40. The highest BCUT2D eigenvalue weighted by molar-refractivity contribution is 6.08. The molecule has 1 aliphatic rings. The fourth-order valence-electron chi connectivity index (χ4n) is 4.49. The average molecular weight is 485 g/mol. The average Bonchev–Trinajstić information content (AvgIpc) is 3.43. The van der Waals surface area contributed by atoms with E-state index in [-0.39, 0.29) is 36.8 Å². The van der Waals surface area contributed by atoms with Crippen molar-refractivity contribution in [2.24, 2.45) is 7.05 Å². The number of rotatable bonds is 7. The van der Waals surface area contributed by atoms with Gasteiger partial charge in [-0.2, -0.15) is 5.10 Å². The second-order valence-electron chi connectivity index (χ2n) is 8.55. The molecule has 1 fully saturated rings. The fraction of sp³-hybridized carbons (Fsp3) is 0.520. The Morgan fingerprint density at radius 3 is 2.66 bits per heavy atom. The molecule has 3 aromatic heterocycles. The van der Waals surface area contributed by atoms with Crippen LogP contribution in [0.3, 0.4) is 0 Å². The van der Waals surface area contributed by atoms with E-state index < -0.39 is 12.1 Å². The lowest BCUT2D eigenvalue weighted by molar-refractivity contribution is 0.00465. The van der Waals surface area contributed by atoms with E-state index in [1.165, 1.54) is 4.90 Å². The van der Waals surface area contributed by atoms with Gasteiger partial charge in [-0.3, -0.25) is 9.58 Å². The van der Waals surface area contributed by atoms with Gasteiger partial charge in [-0.15, -0.1) is 0 Å². The maximum Gasteiger partial charge on any atom is 0.414 e. The lowest BCUT2D eigenvalue weighted by Crippen LogP contribution is -2.46. The largest absolute Gasteiger partial charge is 0.460 e. The maximum absolute atomic E-state index is 13.4. The van der Waals surface area contributed by atoms with Crippen molar-refractivity contribution >= 4 is 28.8 Å². The Morgan fingerprint density at radius 2 is 2.00 bits per heavy atom. The minimum absolute atomic E-state index is 0.00366. The summed E-state index contributed by atoms with van der Waals surface area (Å²) in [6.07, 6.45) is 5.02. The van der Waals surface area contributed by atoms with Crippen molar-refractivity contribution in [3.63, 3.8) is 0 Å². The van der Waals surface area contributed by atoms with Crippen LogP contribution in [0, 0.1) is 6.92 Å². The van der Waals surface area contributed by atoms with Crippen LogP contribution < -0.4 is 4.90 Å². The Kier molecular flexibility index (Phi) is 7.39. The zero-order valence-electron chi connectivity index (χ0n) is 20.9. The van der Waals surface area contributed by atoms with Crippen LogP contribution in [-0.2, 0) is 21.3 Å². The van der Waals surface area contributed by atoms with E-state index in [1.807, 2.05) is 33.2 Å². The number of amides is 1. The smallest absolute Gasteiger partial charge is 0.414 e. The molecule has 188 valence electrons. The summed E-state index contributed by atoms with van der Waals surface area (Å²) >= 11 is 0. The molecule has 10 nitrogen and oxygen atoms in total. The number of anilines is 1. The Morgan fingerprint density at radius 1 is 1.23 bits per heavy atom. The number of carbonyl (C=O) groups excluding carboxylic acids is 2. The van der Waals surface area contributed by atoms with E-state index in [0.717, 1.165) is 17.5 Å². The highest BCUT2D eigenvalue weighted by Crippen LogP contribution is 2.39. The molecule has 0 saturated carbocycles. The van der Waals surface area contributed by atoms with Gasteiger partial charge in [0.2, 0.25) is 5.76 Å². The molecule has 1 saturated heterocycles. The summed E-state index contributed by atoms with van der Waals surface area (Å²) in [6, 6.07) is 1.56. The predicted molar refractivity (Wildman–Crippen MR) is 129 cm³/mol. The van der Waals surface area contributed by atoms with E-state index in [2.05, 4.69) is 5.10 Å². The lowest BCUT2D eigenvalue weighted by atomic mass is 9.99. The summed E-state index contributed by atoms with van der Waals surface area (Å²) in [7, 11) is 1.83. The molecule has 10 heteroatoms. The molecule has 0 aromatic carbocycles. The minimum Gasteiger partial charge on any atom is -0.460 e. The van der Waals surface area contributed by atoms with E-state index >= 15 is 0 Å². The van der Waals surface area contributed by atoms with Crippen molar-refractivity contribution in [2.75, 3.05) is 24.7 Å². The fourth-order valence-corrected chi connectivity index (χ4v) is 4.49. The highest BCUT2D eigenvalue weighted by atomic mass is 16.6. The van der Waals surface area contributed by atoms with Gasteiger partial charge in [-0.25, -0.2) is 14.6 Å². The van der Waals surface area contributed by atoms with Gasteiger partial charge in [-0.1, -0.05) is 6.92 Å². The number of fused-ring (bicyclic) bond motifs is 1. The first kappa shape index (κ1) is 24.7. The molecule has 0 spiro atoms. The van der Waals surface area contributed by atoms with Gasteiger partial charge >= 0.3 is 12.1 Å². The number of carbonyl (C=O) groups is 2. The Balaban J connectivity index is 1.94. The first-order chi connectivity index (χ1) is 16.9. The first-order valence-corrected chi connectivity index (χ1v) is 12.1. The topological polar surface area (TPSA) is 109 Å². The number of ether oxygens (including phenoxy) is 3. The van der Waals surface area contributed by atoms with Crippen LogP contribution in [0.4, 0.5) is 10.5 Å². The van der Waals surface area contributed by atoms with Crippen molar-refractivity contribution in [3.8, 4) is 11.3 Å². The highest BCUT2D eigenvalue weighted by Gasteiger charge is 2.38. The number of aromatic nitrogens is 3. The van der Waals surface area contributed by atoms with Gasteiger partial charge in [0.15, 0.2) is 5.58 Å². The second kappa shape index (κ2) is 10.5. The van der Waals surface area contributed by atoms with Gasteiger partial charge in [-0.05, 0) is 51.7 Å². The first-order valence-electron chi connectivity index (χ1n) is 12.1. The van der Waals surface area contributed by atoms with Gasteiger partial charge in [0.05, 0.1) is 31.2 Å². The maximum atomic E-state index is 13.4. The zero-order valence-corrected chi connectivity index (χ0v) is 20.9. The van der Waals surface area contributed by atoms with Crippen LogP contribution in [0.5, 0.6) is 0 Å². The van der Waals surface area contributed by atoms with Gasteiger partial charge < -0.3 is 18.6 Å². The number of pyridine rings is 1. The number of esters is 1. The van der Waals surface area contributed by atoms with Crippen molar-refractivity contribution in [1.29, 1.82) is 0 Å². The molecular formula is C25H32N4O6. The predicted octanol–water partition coefficient (Wildman–Crippen LogP) is 4.63. The molecule has 4 heterocycles. The van der Waals surface area contributed by atoms with Crippen LogP contribution in [0.2, 0.25) is 0 Å². The van der Waals surface area contributed by atoms with E-state index in [1.54, 1.807) is 24.7 Å². The summed E-state index contributed by atoms with van der Waals surface area (Å²) in [6.45, 7) is 8.27. The number of hydrogen-bond acceptors (Lipinski definition) is 8. The Bertz CT molecular complexity index is 1220. The van der Waals surface area contributed by atoms with E-state index in [9.17, 15) is 9.59 Å². The Labute approximate surface area is 204 Å². The number of nitrogens with zero attached hydrogens (tertiary/aromatic N) is 4. The normalized spacial score (nSPS) is 18.0. The number of aryl methyl sites for hydroxylation is 2. The van der Waals surface area contributed by atoms with Crippen LogP contribution in [0.25, 0.3) is 22.4 Å². The third kappa shape index (κ3) is 4.88. The molecule has 0 bridgehead atoms. The molecule has 4 rings (SSSR count). The molecule has 0 unspecified atom stereocenters. The molecule has 1 amide bonds. The van der Waals surface area contributed by atoms with Crippen LogP contribution in [0.15, 0.2) is 22.9 Å². The number of hydrogen-bond donors (Lipinski definition) is 0. The van der Waals surface area contributed by atoms with Crippen molar-refractivity contribution in [2.45, 2.75) is 59.1 Å². The van der Waals surface area contributed by atoms with E-state index in [0.29, 0.717) is 36.2 Å². The van der Waals surface area contributed by atoms with Crippen molar-refractivity contribution in [1.82, 2.24) is 14.8 Å². The lowest BCUT2D eigenvalue weighted by Gasteiger charge is -2.36. The second-order valence-corrected chi connectivity index (χ2v) is 8.55. The van der Waals surface area contributed by atoms with Gasteiger partial charge in [0.1, 0.15) is 11.2 Å². The molecule has 1 aliphatic heterocycles.